The van der Waals surface area contributed by atoms with Gasteiger partial charge in [-0.1, -0.05) is 11.6 Å². The molecule has 0 aromatic heterocycles. The summed E-state index contributed by atoms with van der Waals surface area (Å²) in [5.74, 6) is 0.206. The molecule has 5 heteroatoms. The second kappa shape index (κ2) is 5.40. The lowest BCUT2D eigenvalue weighted by atomic mass is 10.1. The average molecular weight is 267 g/mol. The van der Waals surface area contributed by atoms with Gasteiger partial charge < -0.3 is 10.2 Å². The van der Waals surface area contributed by atoms with Crippen LogP contribution in [0.4, 0.5) is 5.69 Å². The molecule has 0 spiro atoms. The van der Waals surface area contributed by atoms with E-state index in [1.165, 1.54) is 6.92 Å². The van der Waals surface area contributed by atoms with E-state index in [-0.39, 0.29) is 17.7 Å². The number of benzene rings is 1. The van der Waals surface area contributed by atoms with Crippen LogP contribution in [0.15, 0.2) is 24.3 Å². The number of nitrogens with one attached hydrogen (secondary N) is 1. The van der Waals surface area contributed by atoms with Crippen LogP contribution < -0.4 is 10.2 Å². The van der Waals surface area contributed by atoms with E-state index in [4.69, 9.17) is 11.6 Å². The molecule has 1 fully saturated rings. The maximum atomic E-state index is 11.9. The Kier molecular flexibility index (Phi) is 3.87. The van der Waals surface area contributed by atoms with Crippen LogP contribution in [0.3, 0.4) is 0 Å². The van der Waals surface area contributed by atoms with Gasteiger partial charge in [0.1, 0.15) is 0 Å². The summed E-state index contributed by atoms with van der Waals surface area (Å²) in [5, 5.41) is 3.40. The van der Waals surface area contributed by atoms with Crippen LogP contribution >= 0.6 is 11.6 Å². The Morgan fingerprint density at radius 2 is 2.11 bits per heavy atom. The molecule has 1 saturated heterocycles. The summed E-state index contributed by atoms with van der Waals surface area (Å²) >= 11 is 5.82. The molecule has 1 aromatic rings. The molecule has 0 aliphatic carbocycles. The highest BCUT2D eigenvalue weighted by molar-refractivity contribution is 6.30. The Morgan fingerprint density at radius 3 is 2.72 bits per heavy atom. The fraction of sp³-hybridized carbons (Fsp3) is 0.385. The van der Waals surface area contributed by atoms with Gasteiger partial charge >= 0.3 is 0 Å². The topological polar surface area (TPSA) is 49.4 Å². The van der Waals surface area contributed by atoms with Gasteiger partial charge in [0.15, 0.2) is 0 Å². The summed E-state index contributed by atoms with van der Waals surface area (Å²) in [4.78, 5) is 24.5. The summed E-state index contributed by atoms with van der Waals surface area (Å²) < 4.78 is 0. The van der Waals surface area contributed by atoms with Crippen molar-refractivity contribution in [3.8, 4) is 0 Å². The van der Waals surface area contributed by atoms with Crippen LogP contribution in [0.1, 0.15) is 13.3 Å². The molecule has 1 N–H and O–H groups in total. The summed E-state index contributed by atoms with van der Waals surface area (Å²) in [6.45, 7) is 2.67. The van der Waals surface area contributed by atoms with Gasteiger partial charge in [-0.3, -0.25) is 9.59 Å². The lowest BCUT2D eigenvalue weighted by Gasteiger charge is -2.16. The third-order valence-electron chi connectivity index (χ3n) is 2.98. The number of nitrogens with zero attached hydrogens (tertiary/aromatic N) is 1. The number of rotatable bonds is 3. The number of anilines is 1. The van der Waals surface area contributed by atoms with E-state index in [2.05, 4.69) is 5.32 Å². The number of carbonyl (C=O) groups excluding carboxylic acids is 2. The Labute approximate surface area is 111 Å². The van der Waals surface area contributed by atoms with Crippen molar-refractivity contribution in [1.82, 2.24) is 5.32 Å². The molecule has 1 atom stereocenters. The van der Waals surface area contributed by atoms with Crippen LogP contribution in [-0.4, -0.2) is 24.9 Å². The third kappa shape index (κ3) is 3.01. The van der Waals surface area contributed by atoms with E-state index in [0.717, 1.165) is 5.69 Å². The van der Waals surface area contributed by atoms with Crippen molar-refractivity contribution in [2.45, 2.75) is 13.3 Å². The van der Waals surface area contributed by atoms with Crippen LogP contribution in [0.2, 0.25) is 5.02 Å². The van der Waals surface area contributed by atoms with Crippen molar-refractivity contribution in [2.24, 2.45) is 5.92 Å². The number of hydrogen-bond donors (Lipinski definition) is 1. The lowest BCUT2D eigenvalue weighted by molar-refractivity contribution is -0.120. The van der Waals surface area contributed by atoms with Gasteiger partial charge in [0.2, 0.25) is 11.8 Å². The minimum absolute atomic E-state index is 0.0626. The average Bonchev–Trinajstić information content (AvgIpc) is 2.69. The van der Waals surface area contributed by atoms with Gasteiger partial charge in [-0.2, -0.15) is 0 Å². The molecule has 1 aromatic carbocycles. The SMILES string of the molecule is CC(=O)NC[C@@H]1CC(=O)N(c2ccc(Cl)cc2)C1. The zero-order chi connectivity index (χ0) is 13.1. The Balaban J connectivity index is 2.00. The molecule has 4 nitrogen and oxygen atoms in total. The molecular weight excluding hydrogens is 252 g/mol. The lowest BCUT2D eigenvalue weighted by Crippen LogP contribution is -2.29. The molecule has 2 rings (SSSR count). The largest absolute Gasteiger partial charge is 0.356 e. The van der Waals surface area contributed by atoms with E-state index in [0.29, 0.717) is 24.5 Å². The fourth-order valence-electron chi connectivity index (χ4n) is 2.08. The zero-order valence-corrected chi connectivity index (χ0v) is 10.9. The molecular formula is C13H15ClN2O2. The Bertz CT molecular complexity index is 459. The van der Waals surface area contributed by atoms with Crippen LogP contribution in [-0.2, 0) is 9.59 Å². The molecule has 0 saturated carbocycles. The van der Waals surface area contributed by atoms with Crippen LogP contribution in [0, 0.1) is 5.92 Å². The van der Waals surface area contributed by atoms with Crippen LogP contribution in [0.25, 0.3) is 0 Å². The first-order valence-corrected chi connectivity index (χ1v) is 6.24. The standard InChI is InChI=1S/C13H15ClN2O2/c1-9(17)15-7-10-6-13(18)16(8-10)12-4-2-11(14)3-5-12/h2-5,10H,6-8H2,1H3,(H,15,17)/t10-/m0/s1. The number of halogens is 1. The molecule has 0 bridgehead atoms. The van der Waals surface area contributed by atoms with Crippen molar-refractivity contribution in [3.05, 3.63) is 29.3 Å². The normalized spacial score (nSPS) is 19.1. The van der Waals surface area contributed by atoms with Crippen LogP contribution in [0.5, 0.6) is 0 Å². The predicted molar refractivity (Wildman–Crippen MR) is 70.6 cm³/mol. The summed E-state index contributed by atoms with van der Waals surface area (Å²) in [6.07, 6.45) is 0.475. The highest BCUT2D eigenvalue weighted by Gasteiger charge is 2.30. The Hall–Kier alpha value is -1.55. The molecule has 0 radical (unpaired) electrons. The van der Waals surface area contributed by atoms with E-state index in [1.807, 2.05) is 12.1 Å². The van der Waals surface area contributed by atoms with Gasteiger partial charge in [0, 0.05) is 43.1 Å². The molecule has 1 heterocycles. The van der Waals surface area contributed by atoms with Gasteiger partial charge in [-0.25, -0.2) is 0 Å². The van der Waals surface area contributed by atoms with Crippen molar-refractivity contribution in [3.63, 3.8) is 0 Å². The second-order valence-corrected chi connectivity index (χ2v) is 4.92. The number of carbonyl (C=O) groups is 2. The summed E-state index contributed by atoms with van der Waals surface area (Å²) in [5.41, 5.74) is 0.856. The third-order valence-corrected chi connectivity index (χ3v) is 3.24. The maximum Gasteiger partial charge on any atom is 0.227 e. The summed E-state index contributed by atoms with van der Waals surface area (Å²) in [6, 6.07) is 7.21. The van der Waals surface area contributed by atoms with Crippen molar-refractivity contribution in [1.29, 1.82) is 0 Å². The van der Waals surface area contributed by atoms with Gasteiger partial charge in [0.25, 0.3) is 0 Å². The van der Waals surface area contributed by atoms with Crippen molar-refractivity contribution >= 4 is 29.1 Å². The van der Waals surface area contributed by atoms with Gasteiger partial charge in [-0.15, -0.1) is 0 Å². The highest BCUT2D eigenvalue weighted by Crippen LogP contribution is 2.25. The molecule has 18 heavy (non-hydrogen) atoms. The molecule has 2 amide bonds. The molecule has 1 aliphatic heterocycles. The van der Waals surface area contributed by atoms with Gasteiger partial charge in [-0.05, 0) is 24.3 Å². The minimum Gasteiger partial charge on any atom is -0.356 e. The highest BCUT2D eigenvalue weighted by atomic mass is 35.5. The molecule has 96 valence electrons. The number of amides is 2. The van der Waals surface area contributed by atoms with E-state index >= 15 is 0 Å². The first-order chi connectivity index (χ1) is 8.56. The smallest absolute Gasteiger partial charge is 0.227 e. The molecule has 0 unspecified atom stereocenters. The predicted octanol–water partition coefficient (Wildman–Crippen LogP) is 1.83. The first-order valence-electron chi connectivity index (χ1n) is 5.86. The second-order valence-electron chi connectivity index (χ2n) is 4.49. The van der Waals surface area contributed by atoms with E-state index in [9.17, 15) is 9.59 Å². The fourth-order valence-corrected chi connectivity index (χ4v) is 2.20. The maximum absolute atomic E-state index is 11.9. The quantitative estimate of drug-likeness (QED) is 0.907. The van der Waals surface area contributed by atoms with E-state index < -0.39 is 0 Å². The zero-order valence-electron chi connectivity index (χ0n) is 10.1. The number of hydrogen-bond acceptors (Lipinski definition) is 2. The van der Waals surface area contributed by atoms with Crippen molar-refractivity contribution in [2.75, 3.05) is 18.0 Å². The monoisotopic (exact) mass is 266 g/mol. The Morgan fingerprint density at radius 1 is 1.44 bits per heavy atom. The molecule has 1 aliphatic rings. The minimum atomic E-state index is -0.0626. The summed E-state index contributed by atoms with van der Waals surface area (Å²) in [7, 11) is 0. The van der Waals surface area contributed by atoms with Gasteiger partial charge in [0.05, 0.1) is 0 Å². The van der Waals surface area contributed by atoms with E-state index in [1.54, 1.807) is 17.0 Å². The first kappa shape index (κ1) is 12.9. The van der Waals surface area contributed by atoms with Crippen molar-refractivity contribution < 1.29 is 9.59 Å².